The van der Waals surface area contributed by atoms with E-state index in [0.29, 0.717) is 32.7 Å². The number of hydrogen-bond donors (Lipinski definition) is 0. The first-order valence-corrected chi connectivity index (χ1v) is 15.0. The van der Waals surface area contributed by atoms with Gasteiger partial charge < -0.3 is 4.42 Å². The van der Waals surface area contributed by atoms with E-state index in [4.69, 9.17) is 67.2 Å². The molecule has 0 unspecified atom stereocenters. The third kappa shape index (κ3) is 4.28. The molecule has 0 amide bonds. The highest BCUT2D eigenvalue weighted by molar-refractivity contribution is 6.71. The maximum absolute atomic E-state index is 6.95. The molecule has 1 heterocycles. The normalized spacial score (nSPS) is 11.7. The first-order valence-electron chi connectivity index (χ1n) is 15.0. The van der Waals surface area contributed by atoms with Crippen molar-refractivity contribution in [3.8, 4) is 33.4 Å². The second-order valence-corrected chi connectivity index (χ2v) is 11.8. The SMILES string of the molecule is [B]c1c([B])c([B])c2c(-c3ccccc3-c3ccccc3)c3c([B])c([B])c([B])c([B])c3c(-c3ccc4oc5ccccc5c4c3)c2c1[B]. The Morgan fingerprint density at radius 2 is 0.809 bits per heavy atom. The van der Waals surface area contributed by atoms with Crippen molar-refractivity contribution in [2.75, 3.05) is 0 Å². The Hall–Kier alpha value is -4.62. The number of benzene rings is 7. The number of hydrogen-bond acceptors (Lipinski definition) is 1. The van der Waals surface area contributed by atoms with E-state index in [-0.39, 0.29) is 43.7 Å². The number of rotatable bonds is 3. The van der Waals surface area contributed by atoms with Crippen LogP contribution in [0.2, 0.25) is 0 Å². The van der Waals surface area contributed by atoms with Crippen LogP contribution in [-0.2, 0) is 0 Å². The van der Waals surface area contributed by atoms with E-state index in [0.717, 1.165) is 44.2 Å². The zero-order valence-corrected chi connectivity index (χ0v) is 25.3. The topological polar surface area (TPSA) is 13.1 Å². The van der Waals surface area contributed by atoms with Crippen LogP contribution in [0.15, 0.2) is 101 Å². The summed E-state index contributed by atoms with van der Waals surface area (Å²) in [5.74, 6) is 0. The van der Waals surface area contributed by atoms with Crippen molar-refractivity contribution in [2.45, 2.75) is 0 Å². The van der Waals surface area contributed by atoms with Gasteiger partial charge in [-0.3, -0.25) is 0 Å². The molecule has 0 bridgehead atoms. The molecule has 0 N–H and O–H groups in total. The van der Waals surface area contributed by atoms with E-state index in [1.807, 2.05) is 97.1 Å². The molecule has 0 saturated carbocycles. The highest BCUT2D eigenvalue weighted by Crippen LogP contribution is 2.44. The lowest BCUT2D eigenvalue weighted by molar-refractivity contribution is 0.669. The van der Waals surface area contributed by atoms with Gasteiger partial charge in [0.15, 0.2) is 0 Å². The van der Waals surface area contributed by atoms with Crippen LogP contribution < -0.4 is 43.7 Å². The van der Waals surface area contributed by atoms with E-state index in [1.54, 1.807) is 0 Å². The van der Waals surface area contributed by atoms with Crippen LogP contribution in [0.4, 0.5) is 0 Å². The van der Waals surface area contributed by atoms with Gasteiger partial charge in [0.2, 0.25) is 0 Å². The first-order chi connectivity index (χ1) is 22.7. The van der Waals surface area contributed by atoms with Gasteiger partial charge in [-0.25, -0.2) is 0 Å². The summed E-state index contributed by atoms with van der Waals surface area (Å²) in [6, 6.07) is 31.7. The Labute approximate surface area is 283 Å². The fourth-order valence-electron chi connectivity index (χ4n) is 6.96. The quantitative estimate of drug-likeness (QED) is 0.229. The Bertz CT molecular complexity index is 2530. The highest BCUT2D eigenvalue weighted by atomic mass is 16.3. The van der Waals surface area contributed by atoms with Crippen LogP contribution in [-0.4, -0.2) is 62.8 Å². The fourth-order valence-corrected chi connectivity index (χ4v) is 6.96. The monoisotopic (exact) mass is 576 g/mol. The second kappa shape index (κ2) is 11.0. The smallest absolute Gasteiger partial charge is 0.135 e. The molecule has 7 aromatic carbocycles. The molecule has 0 saturated heterocycles. The number of para-hydroxylation sites is 1. The van der Waals surface area contributed by atoms with Crippen molar-refractivity contribution < 1.29 is 4.42 Å². The molecule has 8 rings (SSSR count). The molecule has 47 heavy (non-hydrogen) atoms. The van der Waals surface area contributed by atoms with E-state index in [9.17, 15) is 0 Å². The predicted molar refractivity (Wildman–Crippen MR) is 208 cm³/mol. The van der Waals surface area contributed by atoms with Gasteiger partial charge in [0, 0.05) is 10.8 Å². The summed E-state index contributed by atoms with van der Waals surface area (Å²) in [7, 11) is 54.1. The van der Waals surface area contributed by atoms with Crippen LogP contribution in [0.1, 0.15) is 0 Å². The van der Waals surface area contributed by atoms with Gasteiger partial charge in [-0.05, 0) is 73.1 Å². The molecule has 0 atom stereocenters. The Balaban J connectivity index is 1.66. The van der Waals surface area contributed by atoms with E-state index >= 15 is 0 Å². The molecule has 1 nitrogen and oxygen atoms in total. The van der Waals surface area contributed by atoms with Crippen LogP contribution in [0.5, 0.6) is 0 Å². The molecule has 1 aromatic heterocycles. The van der Waals surface area contributed by atoms with Crippen LogP contribution >= 0.6 is 0 Å². The first kappa shape index (κ1) is 29.8. The lowest BCUT2D eigenvalue weighted by Crippen LogP contribution is -2.50. The van der Waals surface area contributed by atoms with Crippen molar-refractivity contribution in [3.05, 3.63) is 97.1 Å². The Kier molecular flexibility index (Phi) is 6.95. The summed E-state index contributed by atoms with van der Waals surface area (Å²) in [5.41, 5.74) is 8.03. The third-order valence-electron chi connectivity index (χ3n) is 9.26. The summed E-state index contributed by atoms with van der Waals surface area (Å²) in [4.78, 5) is 0. The minimum atomic E-state index is 0.169. The van der Waals surface area contributed by atoms with Gasteiger partial charge in [0.05, 0.1) is 0 Å². The van der Waals surface area contributed by atoms with E-state index in [1.165, 1.54) is 0 Å². The summed E-state index contributed by atoms with van der Waals surface area (Å²) in [5, 5.41) is 4.16. The average Bonchev–Trinajstić information content (AvgIpc) is 3.48. The molecule has 16 radical (unpaired) electrons. The van der Waals surface area contributed by atoms with Crippen molar-refractivity contribution >= 4 is 150 Å². The predicted octanol–water partition coefficient (Wildman–Crippen LogP) is 1.24. The number of furan rings is 1. The molecule has 0 fully saturated rings. The van der Waals surface area contributed by atoms with Gasteiger partial charge >= 0.3 is 0 Å². The van der Waals surface area contributed by atoms with Crippen molar-refractivity contribution in [1.82, 2.24) is 0 Å². The molecule has 198 valence electrons. The van der Waals surface area contributed by atoms with E-state index in [2.05, 4.69) is 0 Å². The molecular weight excluding hydrogens is 559 g/mol. The minimum absolute atomic E-state index is 0.169. The summed E-state index contributed by atoms with van der Waals surface area (Å²) < 4.78 is 6.14. The number of fused-ring (bicyclic) bond motifs is 5. The summed E-state index contributed by atoms with van der Waals surface area (Å²) >= 11 is 0. The maximum Gasteiger partial charge on any atom is 0.135 e. The minimum Gasteiger partial charge on any atom is -0.456 e. The van der Waals surface area contributed by atoms with Gasteiger partial charge in [-0.15, -0.1) is 21.9 Å². The zero-order chi connectivity index (χ0) is 32.7. The third-order valence-corrected chi connectivity index (χ3v) is 9.26. The lowest BCUT2D eigenvalue weighted by Gasteiger charge is -2.29. The van der Waals surface area contributed by atoms with Gasteiger partial charge in [-0.1, -0.05) is 101 Å². The Morgan fingerprint density at radius 1 is 0.340 bits per heavy atom. The van der Waals surface area contributed by atoms with Crippen LogP contribution in [0, 0.1) is 0 Å². The molecule has 0 spiro atoms. The van der Waals surface area contributed by atoms with Crippen LogP contribution in [0.3, 0.4) is 0 Å². The van der Waals surface area contributed by atoms with Crippen molar-refractivity contribution in [3.63, 3.8) is 0 Å². The summed E-state index contributed by atoms with van der Waals surface area (Å²) in [6.07, 6.45) is 0. The molecule has 0 aliphatic heterocycles. The van der Waals surface area contributed by atoms with Gasteiger partial charge in [0.1, 0.15) is 73.9 Å². The van der Waals surface area contributed by atoms with Gasteiger partial charge in [0.25, 0.3) is 0 Å². The maximum atomic E-state index is 6.95. The highest BCUT2D eigenvalue weighted by Gasteiger charge is 2.26. The fraction of sp³-hybridized carbons (Fsp3) is 0. The molecular formula is C38H16B8O. The van der Waals surface area contributed by atoms with Crippen LogP contribution in [0.25, 0.3) is 76.9 Å². The standard InChI is InChI=1S/C38H16B8O/c39-31-27-25(18-14-15-24-22(16-18)20-11-6-7-13-23(20)47-24)28-30(34(42)38(46)36(44)32(28)40)26(29(27)33(41)37(45)35(31)43)21-12-5-4-10-19(21)17-8-2-1-3-9-17/h1-16H. The largest absolute Gasteiger partial charge is 0.456 e. The zero-order valence-electron chi connectivity index (χ0n) is 25.3. The molecule has 0 aliphatic rings. The molecule has 9 heteroatoms. The van der Waals surface area contributed by atoms with Gasteiger partial charge in [-0.2, -0.15) is 0 Å². The van der Waals surface area contributed by atoms with E-state index < -0.39 is 0 Å². The van der Waals surface area contributed by atoms with Crippen molar-refractivity contribution in [2.24, 2.45) is 0 Å². The molecule has 8 aromatic rings. The second-order valence-electron chi connectivity index (χ2n) is 11.8. The Morgan fingerprint density at radius 3 is 1.40 bits per heavy atom. The lowest BCUT2D eigenvalue weighted by atomic mass is 9.59. The summed E-state index contributed by atoms with van der Waals surface area (Å²) in [6.45, 7) is 0. The van der Waals surface area contributed by atoms with Crippen molar-refractivity contribution in [1.29, 1.82) is 0 Å². The molecule has 0 aliphatic carbocycles. The average molecular weight is 575 g/mol.